The van der Waals surface area contributed by atoms with E-state index in [-0.39, 0.29) is 159 Å². The first-order valence-corrected chi connectivity index (χ1v) is 34.2. The van der Waals surface area contributed by atoms with Gasteiger partial charge in [0.1, 0.15) is 6.04 Å². The SMILES string of the molecule is CC(=O)C1CCCN1C(=O)NCc1nc([C@@H](N)CCC(=O)O)no1.CC(=O)C1CCCN1C(=O)NCc1nc([C@@H](N)CCCCN)no1.CC(=O)C1CCCN1C(=O)NCc1nc([C@@H](N)Cc2ccccc2)no1.CC(=O)C1CCCN1C(=O)N[C@@H](CCC(=O)O)c1nc([C@@H](N)CCC(N)=O)no1. The van der Waals surface area contributed by atoms with Crippen molar-refractivity contribution in [1.82, 2.24) is 81.4 Å². The maximum atomic E-state index is 12.7. The third-order valence-electron chi connectivity index (χ3n) is 17.2. The topological polar surface area (TPSA) is 601 Å². The number of amides is 9. The number of ketones is 4. The molecule has 0 saturated carbocycles. The second-order valence-corrected chi connectivity index (χ2v) is 25.2. The molecule has 9 amide bonds. The Balaban J connectivity index is 0.000000216. The van der Waals surface area contributed by atoms with E-state index >= 15 is 0 Å². The minimum absolute atomic E-state index is 0.00250. The fraction of sp³-hybridized carbons (Fsp3) is 0.609. The number of rotatable bonds is 31. The summed E-state index contributed by atoms with van der Waals surface area (Å²) in [7, 11) is 0. The molecule has 0 aliphatic carbocycles. The Kier molecular flexibility index (Phi) is 32.5. The Hall–Kier alpha value is -10.2. The monoisotopic (exact) mass is 1440 g/mol. The number of carbonyl (C=O) groups excluding carboxylic acids is 9. The number of hydrogen-bond acceptors (Lipinski definition) is 28. The molecule has 39 heteroatoms. The van der Waals surface area contributed by atoms with Gasteiger partial charge < -0.3 is 104 Å². The normalized spacial score (nSPS) is 18.3. The Morgan fingerprint density at radius 2 is 0.835 bits per heavy atom. The zero-order valence-corrected chi connectivity index (χ0v) is 58.3. The lowest BCUT2D eigenvalue weighted by molar-refractivity contribution is -0.138. The molecule has 4 fully saturated rings. The minimum atomic E-state index is -1.05. The summed E-state index contributed by atoms with van der Waals surface area (Å²) < 4.78 is 20.4. The van der Waals surface area contributed by atoms with Crippen LogP contribution >= 0.6 is 0 Å². The maximum Gasteiger partial charge on any atom is 0.318 e. The van der Waals surface area contributed by atoms with Crippen LogP contribution in [0.2, 0.25) is 0 Å². The van der Waals surface area contributed by atoms with Crippen molar-refractivity contribution in [3.05, 3.63) is 82.8 Å². The number of nitrogens with two attached hydrogens (primary N) is 6. The number of nitrogens with zero attached hydrogens (tertiary/aromatic N) is 12. The molecule has 4 aliphatic heterocycles. The number of likely N-dealkylation sites (tertiary alicyclic amines) is 4. The highest BCUT2D eigenvalue weighted by Gasteiger charge is 2.37. The van der Waals surface area contributed by atoms with Gasteiger partial charge in [0.05, 0.1) is 68.0 Å². The number of aromatic nitrogens is 8. The average Bonchev–Trinajstić information content (AvgIpc) is 1.73. The number of carboxylic acids is 2. The zero-order chi connectivity index (χ0) is 75.3. The van der Waals surface area contributed by atoms with Gasteiger partial charge in [-0.05, 0) is 130 Å². The van der Waals surface area contributed by atoms with E-state index in [1.54, 1.807) is 9.80 Å². The summed E-state index contributed by atoms with van der Waals surface area (Å²) in [5.41, 5.74) is 35.5. The highest BCUT2D eigenvalue weighted by Crippen LogP contribution is 2.26. The first-order chi connectivity index (χ1) is 49.1. The molecule has 1 aromatic carbocycles. The number of primary amides is 1. The molecule has 103 heavy (non-hydrogen) atoms. The summed E-state index contributed by atoms with van der Waals surface area (Å²) >= 11 is 0. The summed E-state index contributed by atoms with van der Waals surface area (Å²) in [6, 6.07) is 3.92. The molecule has 0 bridgehead atoms. The summed E-state index contributed by atoms with van der Waals surface area (Å²) in [4.78, 5) is 151. The molecule has 4 aliphatic rings. The predicted octanol–water partition coefficient (Wildman–Crippen LogP) is 2.24. The van der Waals surface area contributed by atoms with E-state index in [4.69, 9.17) is 62.7 Å². The lowest BCUT2D eigenvalue weighted by atomic mass is 10.1. The fourth-order valence-corrected chi connectivity index (χ4v) is 11.7. The minimum Gasteiger partial charge on any atom is -0.481 e. The second kappa shape index (κ2) is 41.0. The molecule has 5 aromatic rings. The molecule has 18 N–H and O–H groups in total. The van der Waals surface area contributed by atoms with Gasteiger partial charge >= 0.3 is 36.1 Å². The molecule has 9 atom stereocenters. The highest BCUT2D eigenvalue weighted by molar-refractivity contribution is 5.89. The van der Waals surface area contributed by atoms with Gasteiger partial charge in [-0.2, -0.15) is 19.9 Å². The highest BCUT2D eigenvalue weighted by atomic mass is 16.5. The van der Waals surface area contributed by atoms with Crippen molar-refractivity contribution in [2.45, 2.75) is 217 Å². The van der Waals surface area contributed by atoms with E-state index in [2.05, 4.69) is 61.8 Å². The number of unbranched alkanes of at least 4 members (excludes halogenated alkanes) is 1. The van der Waals surface area contributed by atoms with Gasteiger partial charge in [0, 0.05) is 45.4 Å². The van der Waals surface area contributed by atoms with Crippen LogP contribution in [0.4, 0.5) is 19.2 Å². The van der Waals surface area contributed by atoms with Crippen LogP contribution in [0.1, 0.15) is 219 Å². The van der Waals surface area contributed by atoms with Crippen LogP contribution in [0.3, 0.4) is 0 Å². The first-order valence-electron chi connectivity index (χ1n) is 34.2. The van der Waals surface area contributed by atoms with Crippen LogP contribution in [0, 0.1) is 0 Å². The lowest BCUT2D eigenvalue weighted by Crippen LogP contribution is -2.46. The molecular formula is C64H96N22O17. The largest absolute Gasteiger partial charge is 0.481 e. The number of Topliss-reactive ketones (excluding diaryl/α,β-unsaturated/α-hetero) is 4. The van der Waals surface area contributed by atoms with E-state index in [1.807, 2.05) is 30.3 Å². The standard InChI is InChI=1S/C18H23N5O3.C17H26N6O6.C15H26N6O3.C14H21N5O5/c1-12(24)15-8-5-9-23(15)18(25)20-11-16-21-17(22-26-16)14(19)10-13-6-3-2-4-7-13;1-9(24)12-3-2-8-23(12)17(28)20-11(5-7-14(26)27)16-21-15(22-29-16)10(18)4-6-13(19)25;1-10(22)12-6-4-8-21(12)15(23)18-9-13-19-14(20-24-13)11(17)5-2-3-7-16;1-8(20)10-3-2-6-19(10)14(23)16-7-11-17-13(18-24-11)9(15)4-5-12(21)22/h2-4,6-7,14-15H,5,8-11,19H2,1H3,(H,20,25);10-12H,2-8,18H2,1H3,(H2,19,25)(H,20,28)(H,26,27);11-12H,2-9,16-17H2,1H3,(H,18,23);9-10H,2-7,15H2,1H3,(H,16,23)(H,21,22)/t14-,15?;10-,11-,12?;11-,12?;9-,10?/m0000/s1. The van der Waals surface area contributed by atoms with Gasteiger partial charge in [-0.25, -0.2) is 19.2 Å². The van der Waals surface area contributed by atoms with Crippen LogP contribution in [-0.2, 0) is 59.6 Å². The van der Waals surface area contributed by atoms with Gasteiger partial charge in [-0.1, -0.05) is 57.4 Å². The smallest absolute Gasteiger partial charge is 0.318 e. The molecule has 4 unspecified atom stereocenters. The second-order valence-electron chi connectivity index (χ2n) is 25.2. The maximum absolute atomic E-state index is 12.7. The van der Waals surface area contributed by atoms with Crippen LogP contribution < -0.4 is 55.7 Å². The van der Waals surface area contributed by atoms with Crippen molar-refractivity contribution >= 4 is 65.1 Å². The summed E-state index contributed by atoms with van der Waals surface area (Å²) in [5.74, 6) is -0.740. The van der Waals surface area contributed by atoms with Crippen molar-refractivity contribution in [2.75, 3.05) is 32.7 Å². The number of carbonyl (C=O) groups is 11. The molecular weight excluding hydrogens is 1350 g/mol. The summed E-state index contributed by atoms with van der Waals surface area (Å²) in [6.45, 7) is 8.89. The lowest BCUT2D eigenvalue weighted by Gasteiger charge is -2.25. The average molecular weight is 1450 g/mol. The van der Waals surface area contributed by atoms with Crippen molar-refractivity contribution in [1.29, 1.82) is 0 Å². The van der Waals surface area contributed by atoms with Gasteiger partial charge in [0.15, 0.2) is 46.4 Å². The Labute approximate surface area is 592 Å². The number of carboxylic acid groups (broad SMARTS) is 2. The Morgan fingerprint density at radius 3 is 1.22 bits per heavy atom. The molecule has 564 valence electrons. The summed E-state index contributed by atoms with van der Waals surface area (Å²) in [5, 5.41) is 43.6. The number of nitrogens with one attached hydrogen (secondary N) is 4. The molecule has 4 saturated heterocycles. The zero-order valence-electron chi connectivity index (χ0n) is 58.3. The van der Waals surface area contributed by atoms with Crippen molar-refractivity contribution in [2.24, 2.45) is 34.4 Å². The fourth-order valence-electron chi connectivity index (χ4n) is 11.7. The third-order valence-corrected chi connectivity index (χ3v) is 17.2. The van der Waals surface area contributed by atoms with E-state index in [9.17, 15) is 52.7 Å². The Bertz CT molecular complexity index is 3620. The van der Waals surface area contributed by atoms with Crippen LogP contribution in [-0.4, -0.2) is 192 Å². The van der Waals surface area contributed by atoms with Gasteiger partial charge in [-0.3, -0.25) is 33.6 Å². The van der Waals surface area contributed by atoms with Crippen molar-refractivity contribution < 1.29 is 81.0 Å². The number of aliphatic carboxylic acids is 2. The van der Waals surface area contributed by atoms with E-state index in [0.717, 1.165) is 44.1 Å². The third kappa shape index (κ3) is 26.0. The molecule has 9 rings (SSSR count). The Morgan fingerprint density at radius 1 is 0.476 bits per heavy atom. The number of benzene rings is 1. The van der Waals surface area contributed by atoms with Crippen LogP contribution in [0.15, 0.2) is 48.4 Å². The molecule has 0 spiro atoms. The van der Waals surface area contributed by atoms with E-state index in [1.165, 1.54) is 37.5 Å². The summed E-state index contributed by atoms with van der Waals surface area (Å²) in [6.07, 6.45) is 9.11. The van der Waals surface area contributed by atoms with E-state index < -0.39 is 48.0 Å². The molecule has 0 radical (unpaired) electrons. The van der Waals surface area contributed by atoms with Gasteiger partial charge in [0.2, 0.25) is 29.5 Å². The number of urea groups is 4. The van der Waals surface area contributed by atoms with Crippen molar-refractivity contribution in [3.63, 3.8) is 0 Å². The molecule has 39 nitrogen and oxygen atoms in total. The first kappa shape index (κ1) is 81.7. The van der Waals surface area contributed by atoms with Crippen molar-refractivity contribution in [3.8, 4) is 0 Å². The number of hydrogen-bond donors (Lipinski definition) is 12. The molecule has 4 aromatic heterocycles. The van der Waals surface area contributed by atoms with Crippen LogP contribution in [0.5, 0.6) is 0 Å². The molecule has 8 heterocycles. The predicted molar refractivity (Wildman–Crippen MR) is 360 cm³/mol. The van der Waals surface area contributed by atoms with Gasteiger partial charge in [0.25, 0.3) is 0 Å². The van der Waals surface area contributed by atoms with Crippen LogP contribution in [0.25, 0.3) is 0 Å². The van der Waals surface area contributed by atoms with E-state index in [0.29, 0.717) is 88.8 Å². The van der Waals surface area contributed by atoms with Gasteiger partial charge in [-0.15, -0.1) is 0 Å². The quantitative estimate of drug-likeness (QED) is 0.0283.